The number of thiocarbonyl (C=S) groups is 1. The highest BCUT2D eigenvalue weighted by Gasteiger charge is 2.16. The van der Waals surface area contributed by atoms with Crippen molar-refractivity contribution in [2.24, 2.45) is 5.73 Å². The maximum Gasteiger partial charge on any atom is 0.261 e. The van der Waals surface area contributed by atoms with Crippen molar-refractivity contribution >= 4 is 32.9 Å². The van der Waals surface area contributed by atoms with E-state index in [0.29, 0.717) is 5.56 Å². The molecule has 4 nitrogen and oxygen atoms in total. The van der Waals surface area contributed by atoms with E-state index in [9.17, 15) is 12.8 Å². The summed E-state index contributed by atoms with van der Waals surface area (Å²) in [5.41, 5.74) is 6.47. The molecule has 0 aliphatic carbocycles. The topological polar surface area (TPSA) is 72.2 Å². The number of benzene rings is 2. The number of hydrogen-bond acceptors (Lipinski definition) is 3. The molecule has 0 aliphatic heterocycles. The number of sulfonamides is 1. The summed E-state index contributed by atoms with van der Waals surface area (Å²) in [7, 11) is -3.80. The highest BCUT2D eigenvalue weighted by molar-refractivity contribution is 7.92. The smallest absolute Gasteiger partial charge is 0.261 e. The molecule has 7 heteroatoms. The summed E-state index contributed by atoms with van der Waals surface area (Å²) >= 11 is 4.81. The fraction of sp³-hybridized carbons (Fsp3) is 0.0714. The lowest BCUT2D eigenvalue weighted by Crippen LogP contribution is -2.15. The molecule has 0 aliphatic rings. The number of rotatable bonds is 4. The van der Waals surface area contributed by atoms with E-state index in [4.69, 9.17) is 18.0 Å². The lowest BCUT2D eigenvalue weighted by molar-refractivity contribution is 0.600. The average molecular weight is 324 g/mol. The minimum atomic E-state index is -3.80. The molecule has 2 rings (SSSR count). The van der Waals surface area contributed by atoms with Gasteiger partial charge in [-0.3, -0.25) is 4.72 Å². The van der Waals surface area contributed by atoms with E-state index in [-0.39, 0.29) is 21.1 Å². The van der Waals surface area contributed by atoms with Gasteiger partial charge < -0.3 is 5.73 Å². The van der Waals surface area contributed by atoms with Crippen LogP contribution in [0.1, 0.15) is 11.1 Å². The van der Waals surface area contributed by atoms with Crippen LogP contribution in [0.4, 0.5) is 10.1 Å². The SMILES string of the molecule is Cc1c(F)cccc1NS(=O)(=O)c1ccc(C(N)=S)cc1. The average Bonchev–Trinajstić information content (AvgIpc) is 2.44. The van der Waals surface area contributed by atoms with Crippen LogP contribution in [0, 0.1) is 12.7 Å². The van der Waals surface area contributed by atoms with Gasteiger partial charge in [0.05, 0.1) is 10.6 Å². The van der Waals surface area contributed by atoms with Crippen LogP contribution in [0.5, 0.6) is 0 Å². The zero-order valence-electron chi connectivity index (χ0n) is 11.1. The Balaban J connectivity index is 2.34. The Bertz CT molecular complexity index is 787. The molecular formula is C14H13FN2O2S2. The Morgan fingerprint density at radius 2 is 1.81 bits per heavy atom. The van der Waals surface area contributed by atoms with Gasteiger partial charge in [0.1, 0.15) is 10.8 Å². The second-order valence-corrected chi connectivity index (χ2v) is 6.53. The van der Waals surface area contributed by atoms with Gasteiger partial charge in [-0.1, -0.05) is 30.4 Å². The van der Waals surface area contributed by atoms with Crippen molar-refractivity contribution in [1.29, 1.82) is 0 Å². The second kappa shape index (κ2) is 5.79. The molecule has 3 N–H and O–H groups in total. The van der Waals surface area contributed by atoms with Crippen molar-refractivity contribution in [2.75, 3.05) is 4.72 Å². The van der Waals surface area contributed by atoms with Crippen LogP contribution >= 0.6 is 12.2 Å². The van der Waals surface area contributed by atoms with Gasteiger partial charge in [0, 0.05) is 11.1 Å². The van der Waals surface area contributed by atoms with Crippen LogP contribution in [-0.2, 0) is 10.0 Å². The molecule has 0 saturated carbocycles. The zero-order chi connectivity index (χ0) is 15.6. The predicted molar refractivity (Wildman–Crippen MR) is 84.3 cm³/mol. The van der Waals surface area contributed by atoms with Crippen molar-refractivity contribution in [1.82, 2.24) is 0 Å². The highest BCUT2D eigenvalue weighted by atomic mass is 32.2. The molecule has 0 bridgehead atoms. The van der Waals surface area contributed by atoms with Crippen LogP contribution < -0.4 is 10.5 Å². The fourth-order valence-corrected chi connectivity index (χ4v) is 2.98. The van der Waals surface area contributed by atoms with Gasteiger partial charge in [0.2, 0.25) is 0 Å². The van der Waals surface area contributed by atoms with Crippen molar-refractivity contribution in [3.8, 4) is 0 Å². The molecule has 2 aromatic carbocycles. The normalized spacial score (nSPS) is 11.1. The van der Waals surface area contributed by atoms with E-state index < -0.39 is 15.8 Å². The largest absolute Gasteiger partial charge is 0.389 e. The first kappa shape index (κ1) is 15.4. The number of hydrogen-bond donors (Lipinski definition) is 2. The lowest BCUT2D eigenvalue weighted by Gasteiger charge is -2.11. The standard InChI is InChI=1S/C14H13FN2O2S2/c1-9-12(15)3-2-4-13(9)17-21(18,19)11-7-5-10(6-8-11)14(16)20/h2-8,17H,1H3,(H2,16,20). The van der Waals surface area contributed by atoms with Gasteiger partial charge in [-0.15, -0.1) is 0 Å². The van der Waals surface area contributed by atoms with Gasteiger partial charge in [0.15, 0.2) is 0 Å². The third-order valence-corrected chi connectivity index (χ3v) is 4.58. The molecule has 0 saturated heterocycles. The first-order chi connectivity index (χ1) is 9.81. The Morgan fingerprint density at radius 1 is 1.19 bits per heavy atom. The quantitative estimate of drug-likeness (QED) is 0.848. The summed E-state index contributed by atoms with van der Waals surface area (Å²) < 4.78 is 40.3. The van der Waals surface area contributed by atoms with E-state index in [2.05, 4.69) is 4.72 Å². The monoisotopic (exact) mass is 324 g/mol. The molecule has 0 fully saturated rings. The fourth-order valence-electron chi connectivity index (χ4n) is 1.72. The molecule has 110 valence electrons. The zero-order valence-corrected chi connectivity index (χ0v) is 12.8. The summed E-state index contributed by atoms with van der Waals surface area (Å²) in [5.74, 6) is -0.473. The van der Waals surface area contributed by atoms with Gasteiger partial charge in [-0.2, -0.15) is 0 Å². The van der Waals surface area contributed by atoms with E-state index in [0.717, 1.165) is 0 Å². The van der Waals surface area contributed by atoms with E-state index in [1.54, 1.807) is 0 Å². The Labute approximate surface area is 127 Å². The molecule has 0 amide bonds. The van der Waals surface area contributed by atoms with Gasteiger partial charge >= 0.3 is 0 Å². The molecule has 0 radical (unpaired) electrons. The summed E-state index contributed by atoms with van der Waals surface area (Å²) in [6.45, 7) is 1.50. The van der Waals surface area contributed by atoms with Gasteiger partial charge in [-0.05, 0) is 31.2 Å². The van der Waals surface area contributed by atoms with E-state index >= 15 is 0 Å². The molecule has 0 atom stereocenters. The van der Waals surface area contributed by atoms with Crippen LogP contribution in [0.25, 0.3) is 0 Å². The highest BCUT2D eigenvalue weighted by Crippen LogP contribution is 2.21. The Hall–Kier alpha value is -1.99. The molecule has 0 aromatic heterocycles. The maximum absolute atomic E-state index is 13.4. The summed E-state index contributed by atoms with van der Waals surface area (Å²) in [5, 5.41) is 0. The van der Waals surface area contributed by atoms with Crippen LogP contribution in [0.2, 0.25) is 0 Å². The minimum Gasteiger partial charge on any atom is -0.389 e. The van der Waals surface area contributed by atoms with Crippen molar-refractivity contribution in [2.45, 2.75) is 11.8 Å². The maximum atomic E-state index is 13.4. The van der Waals surface area contributed by atoms with Crippen molar-refractivity contribution in [3.05, 3.63) is 59.4 Å². The lowest BCUT2D eigenvalue weighted by atomic mass is 10.2. The number of nitrogens with two attached hydrogens (primary N) is 1. The first-order valence-corrected chi connectivity index (χ1v) is 7.88. The van der Waals surface area contributed by atoms with Crippen LogP contribution in [0.15, 0.2) is 47.4 Å². The predicted octanol–water partition coefficient (Wildman–Crippen LogP) is 2.57. The first-order valence-electron chi connectivity index (χ1n) is 5.99. The van der Waals surface area contributed by atoms with Crippen molar-refractivity contribution in [3.63, 3.8) is 0 Å². The second-order valence-electron chi connectivity index (χ2n) is 4.41. The number of halogens is 1. The van der Waals surface area contributed by atoms with Crippen LogP contribution in [0.3, 0.4) is 0 Å². The van der Waals surface area contributed by atoms with Crippen LogP contribution in [-0.4, -0.2) is 13.4 Å². The molecule has 0 heterocycles. The third kappa shape index (κ3) is 3.37. The third-order valence-electron chi connectivity index (χ3n) is 2.96. The molecule has 2 aromatic rings. The van der Waals surface area contributed by atoms with E-state index in [1.165, 1.54) is 49.4 Å². The van der Waals surface area contributed by atoms with Crippen molar-refractivity contribution < 1.29 is 12.8 Å². The Kier molecular flexibility index (Phi) is 4.24. The molecule has 21 heavy (non-hydrogen) atoms. The van der Waals surface area contributed by atoms with Gasteiger partial charge in [-0.25, -0.2) is 12.8 Å². The summed E-state index contributed by atoms with van der Waals surface area (Å²) in [6, 6.07) is 10.0. The summed E-state index contributed by atoms with van der Waals surface area (Å²) in [6.07, 6.45) is 0. The van der Waals surface area contributed by atoms with E-state index in [1.807, 2.05) is 0 Å². The molecule has 0 unspecified atom stereocenters. The number of nitrogens with one attached hydrogen (secondary N) is 1. The minimum absolute atomic E-state index is 0.0474. The molecule has 0 spiro atoms. The van der Waals surface area contributed by atoms with Gasteiger partial charge in [0.25, 0.3) is 10.0 Å². The summed E-state index contributed by atoms with van der Waals surface area (Å²) in [4.78, 5) is 0.235. The number of anilines is 1. The Morgan fingerprint density at radius 3 is 2.38 bits per heavy atom. The molecular weight excluding hydrogens is 311 g/mol.